The van der Waals surface area contributed by atoms with Gasteiger partial charge >= 0.3 is 6.09 Å². The Kier molecular flexibility index (Phi) is 11.1. The van der Waals surface area contributed by atoms with Crippen molar-refractivity contribution in [2.75, 3.05) is 6.54 Å². The SMILES string of the molecule is C#CN(C(=O)C(CC(C)C)NC(=O)OC(C)(C)C)C(C(=O)NCCCC)c1c(C)cccc1C. The molecule has 0 aliphatic rings. The molecule has 0 saturated heterocycles. The summed E-state index contributed by atoms with van der Waals surface area (Å²) in [5.41, 5.74) is 1.66. The Morgan fingerprint density at radius 1 is 1.15 bits per heavy atom. The van der Waals surface area contributed by atoms with Crippen LogP contribution in [0.5, 0.6) is 0 Å². The van der Waals surface area contributed by atoms with Gasteiger partial charge in [-0.3, -0.25) is 14.5 Å². The van der Waals surface area contributed by atoms with Gasteiger partial charge < -0.3 is 15.4 Å². The molecule has 7 heteroatoms. The van der Waals surface area contributed by atoms with E-state index in [-0.39, 0.29) is 11.8 Å². The van der Waals surface area contributed by atoms with Crippen LogP contribution in [-0.4, -0.2) is 41.0 Å². The van der Waals surface area contributed by atoms with Crippen molar-refractivity contribution in [1.82, 2.24) is 15.5 Å². The van der Waals surface area contributed by atoms with E-state index in [4.69, 9.17) is 11.2 Å². The van der Waals surface area contributed by atoms with Crippen molar-refractivity contribution < 1.29 is 19.1 Å². The van der Waals surface area contributed by atoms with Gasteiger partial charge in [-0.1, -0.05) is 51.8 Å². The first-order valence-corrected chi connectivity index (χ1v) is 11.9. The molecule has 1 rings (SSSR count). The second kappa shape index (κ2) is 13.0. The fraction of sp³-hybridized carbons (Fsp3) is 0.593. The van der Waals surface area contributed by atoms with Crippen molar-refractivity contribution in [2.24, 2.45) is 5.92 Å². The number of carbonyl (C=O) groups is 3. The van der Waals surface area contributed by atoms with E-state index in [0.717, 1.165) is 28.9 Å². The number of nitrogens with zero attached hydrogens (tertiary/aromatic N) is 1. The summed E-state index contributed by atoms with van der Waals surface area (Å²) in [6, 6.07) is 6.14. The first-order valence-electron chi connectivity index (χ1n) is 11.9. The van der Waals surface area contributed by atoms with E-state index in [2.05, 4.69) is 16.7 Å². The van der Waals surface area contributed by atoms with Crippen LogP contribution in [0.25, 0.3) is 0 Å². The average molecular weight is 472 g/mol. The number of alkyl carbamates (subject to hydrolysis) is 1. The molecule has 0 heterocycles. The Morgan fingerprint density at radius 3 is 2.21 bits per heavy atom. The number of carbonyl (C=O) groups excluding carboxylic acids is 3. The smallest absolute Gasteiger partial charge is 0.408 e. The number of nitrogens with one attached hydrogen (secondary N) is 2. The van der Waals surface area contributed by atoms with Crippen LogP contribution >= 0.6 is 0 Å². The fourth-order valence-corrected chi connectivity index (χ4v) is 3.70. The second-order valence-corrected chi connectivity index (χ2v) is 10.0. The summed E-state index contributed by atoms with van der Waals surface area (Å²) in [5.74, 6) is -0.793. The molecule has 0 radical (unpaired) electrons. The monoisotopic (exact) mass is 471 g/mol. The maximum Gasteiger partial charge on any atom is 0.408 e. The molecular weight excluding hydrogens is 430 g/mol. The maximum atomic E-state index is 13.7. The van der Waals surface area contributed by atoms with Crippen molar-refractivity contribution in [3.63, 3.8) is 0 Å². The summed E-state index contributed by atoms with van der Waals surface area (Å²) in [4.78, 5) is 40.7. The summed E-state index contributed by atoms with van der Waals surface area (Å²) in [6.07, 6.45) is 7.20. The molecule has 0 aromatic heterocycles. The molecule has 0 aliphatic carbocycles. The molecule has 2 unspecified atom stereocenters. The highest BCUT2D eigenvalue weighted by Gasteiger charge is 2.37. The third kappa shape index (κ3) is 8.74. The number of terminal acetylenes is 1. The molecule has 0 fully saturated rings. The number of hydrogen-bond donors (Lipinski definition) is 2. The van der Waals surface area contributed by atoms with Crippen LogP contribution in [0.15, 0.2) is 18.2 Å². The summed E-state index contributed by atoms with van der Waals surface area (Å²) in [5, 5.41) is 5.58. The molecule has 0 bridgehead atoms. The van der Waals surface area contributed by atoms with Crippen molar-refractivity contribution in [3.05, 3.63) is 34.9 Å². The van der Waals surface area contributed by atoms with E-state index in [0.29, 0.717) is 18.5 Å². The number of rotatable bonds is 10. The lowest BCUT2D eigenvalue weighted by Gasteiger charge is -2.32. The highest BCUT2D eigenvalue weighted by atomic mass is 16.6. The largest absolute Gasteiger partial charge is 0.444 e. The first-order chi connectivity index (χ1) is 15.8. The predicted octanol–water partition coefficient (Wildman–Crippen LogP) is 4.62. The molecule has 3 amide bonds. The van der Waals surface area contributed by atoms with Gasteiger partial charge in [-0.15, -0.1) is 0 Å². The Balaban J connectivity index is 3.42. The normalized spacial score (nSPS) is 12.9. The third-order valence-electron chi connectivity index (χ3n) is 5.22. The molecule has 0 spiro atoms. The van der Waals surface area contributed by atoms with Gasteiger partial charge in [0.15, 0.2) is 0 Å². The highest BCUT2D eigenvalue weighted by Crippen LogP contribution is 2.28. The topological polar surface area (TPSA) is 87.7 Å². The van der Waals surface area contributed by atoms with Crippen LogP contribution in [0.4, 0.5) is 4.79 Å². The molecule has 1 aromatic carbocycles. The van der Waals surface area contributed by atoms with E-state index in [1.54, 1.807) is 20.8 Å². The molecule has 2 N–H and O–H groups in total. The second-order valence-electron chi connectivity index (χ2n) is 10.0. The number of ether oxygens (including phenoxy) is 1. The highest BCUT2D eigenvalue weighted by molar-refractivity contribution is 5.93. The molecule has 34 heavy (non-hydrogen) atoms. The van der Waals surface area contributed by atoms with E-state index in [9.17, 15) is 14.4 Å². The van der Waals surface area contributed by atoms with Gasteiger partial charge in [0.05, 0.1) is 0 Å². The minimum atomic E-state index is -1.02. The zero-order chi connectivity index (χ0) is 26.1. The Hall–Kier alpha value is -3.01. The van der Waals surface area contributed by atoms with Crippen molar-refractivity contribution in [2.45, 2.75) is 92.3 Å². The lowest BCUT2D eigenvalue weighted by Crippen LogP contribution is -2.52. The quantitative estimate of drug-likeness (QED) is 0.296. The van der Waals surface area contributed by atoms with Crippen LogP contribution < -0.4 is 10.6 Å². The fourth-order valence-electron chi connectivity index (χ4n) is 3.70. The van der Waals surface area contributed by atoms with Crippen molar-refractivity contribution in [3.8, 4) is 12.5 Å². The molecule has 0 aliphatic heterocycles. The van der Waals surface area contributed by atoms with Crippen LogP contribution in [0, 0.1) is 32.2 Å². The summed E-state index contributed by atoms with van der Waals surface area (Å²) >= 11 is 0. The van der Waals surface area contributed by atoms with Crippen molar-refractivity contribution >= 4 is 17.9 Å². The lowest BCUT2D eigenvalue weighted by molar-refractivity contribution is -0.138. The van der Waals surface area contributed by atoms with Crippen LogP contribution in [0.3, 0.4) is 0 Å². The standard InChI is InChI=1S/C27H41N3O4/c1-10-12-16-28-24(31)23(22-19(5)14-13-15-20(22)6)30(11-2)25(32)21(17-18(3)4)29-26(33)34-27(7,8)9/h2,13-15,18,21,23H,10,12,16-17H2,1,3-9H3,(H,28,31)(H,29,33). The van der Waals surface area contributed by atoms with Gasteiger partial charge in [0, 0.05) is 12.6 Å². The first kappa shape index (κ1) is 29.0. The summed E-state index contributed by atoms with van der Waals surface area (Å²) in [7, 11) is 0. The summed E-state index contributed by atoms with van der Waals surface area (Å²) < 4.78 is 5.36. The Bertz CT molecular complexity index is 876. The molecule has 0 saturated carbocycles. The van der Waals surface area contributed by atoms with Crippen LogP contribution in [0.1, 0.15) is 83.5 Å². The third-order valence-corrected chi connectivity index (χ3v) is 5.22. The molecule has 7 nitrogen and oxygen atoms in total. The average Bonchev–Trinajstić information content (AvgIpc) is 2.70. The lowest BCUT2D eigenvalue weighted by atomic mass is 9.93. The number of amides is 3. The molecular formula is C27H41N3O4. The number of unbranched alkanes of at least 4 members (excludes halogenated alkanes) is 1. The zero-order valence-corrected chi connectivity index (χ0v) is 22.0. The minimum absolute atomic E-state index is 0.0838. The Morgan fingerprint density at radius 2 is 1.74 bits per heavy atom. The van der Waals surface area contributed by atoms with E-state index in [1.807, 2.05) is 52.8 Å². The van der Waals surface area contributed by atoms with Gasteiger partial charge in [-0.2, -0.15) is 0 Å². The maximum absolute atomic E-state index is 13.7. The summed E-state index contributed by atoms with van der Waals surface area (Å²) in [6.45, 7) is 15.4. The number of aryl methyl sites for hydroxylation is 2. The van der Waals surface area contributed by atoms with Gasteiger partial charge in [0.25, 0.3) is 5.91 Å². The number of benzene rings is 1. The minimum Gasteiger partial charge on any atom is -0.444 e. The Labute approximate surface area is 205 Å². The van der Waals surface area contributed by atoms with Gasteiger partial charge in [0.1, 0.15) is 17.7 Å². The molecule has 1 aromatic rings. The van der Waals surface area contributed by atoms with Crippen LogP contribution in [-0.2, 0) is 14.3 Å². The van der Waals surface area contributed by atoms with Crippen molar-refractivity contribution in [1.29, 1.82) is 0 Å². The van der Waals surface area contributed by atoms with Gasteiger partial charge in [-0.25, -0.2) is 4.79 Å². The van der Waals surface area contributed by atoms with E-state index in [1.165, 1.54) is 0 Å². The van der Waals surface area contributed by atoms with E-state index >= 15 is 0 Å². The van der Waals surface area contributed by atoms with Gasteiger partial charge in [-0.05, 0) is 70.1 Å². The van der Waals surface area contributed by atoms with E-state index < -0.39 is 29.7 Å². The molecule has 2 atom stereocenters. The van der Waals surface area contributed by atoms with Gasteiger partial charge in [0.2, 0.25) is 5.91 Å². The predicted molar refractivity (Wildman–Crippen MR) is 135 cm³/mol. The molecule has 188 valence electrons. The number of hydrogen-bond acceptors (Lipinski definition) is 4. The zero-order valence-electron chi connectivity index (χ0n) is 22.0. The van der Waals surface area contributed by atoms with Crippen LogP contribution in [0.2, 0.25) is 0 Å².